The number of nitrogens with zero attached hydrogens (tertiary/aromatic N) is 8. The number of aryl methyl sites for hydroxylation is 1. The fourth-order valence-corrected chi connectivity index (χ4v) is 6.05. The van der Waals surface area contributed by atoms with Gasteiger partial charge in [-0.2, -0.15) is 8.42 Å². The number of aromatic nitrogens is 5. The molecule has 0 spiro atoms. The first-order chi connectivity index (χ1) is 21.1. The van der Waals surface area contributed by atoms with Crippen LogP contribution in [0.2, 0.25) is 0 Å². The number of piperazine rings is 1. The first-order valence-corrected chi connectivity index (χ1v) is 15.4. The minimum Gasteiger partial charge on any atom is -0.352 e. The molecule has 4 aromatic rings. The van der Waals surface area contributed by atoms with Crippen molar-refractivity contribution in [2.75, 3.05) is 52.7 Å². The highest BCUT2D eigenvalue weighted by Crippen LogP contribution is 2.25. The molecule has 0 radical (unpaired) electrons. The summed E-state index contributed by atoms with van der Waals surface area (Å²) in [6.07, 6.45) is 6.39. The van der Waals surface area contributed by atoms with E-state index < -0.39 is 22.0 Å². The number of carbonyl (C=O) groups is 1. The van der Waals surface area contributed by atoms with E-state index in [4.69, 9.17) is 4.18 Å². The summed E-state index contributed by atoms with van der Waals surface area (Å²) in [5.41, 5.74) is 1.30. The second-order valence-electron chi connectivity index (χ2n) is 10.7. The van der Waals surface area contributed by atoms with Crippen LogP contribution in [0.4, 0.5) is 27.8 Å². The van der Waals surface area contributed by atoms with Crippen molar-refractivity contribution >= 4 is 39.4 Å². The Morgan fingerprint density at radius 3 is 2.23 bits per heavy atom. The Labute approximate surface area is 253 Å². The molecule has 2 saturated heterocycles. The lowest BCUT2D eigenvalue weighted by Gasteiger charge is -2.40. The van der Waals surface area contributed by atoms with Crippen LogP contribution in [0.5, 0.6) is 0 Å². The van der Waals surface area contributed by atoms with E-state index in [0.717, 1.165) is 18.0 Å². The van der Waals surface area contributed by atoms with Crippen molar-refractivity contribution < 1.29 is 21.8 Å². The number of rotatable bonds is 8. The van der Waals surface area contributed by atoms with Crippen molar-refractivity contribution in [2.24, 2.45) is 0 Å². The maximum absolute atomic E-state index is 13.2. The molecule has 44 heavy (non-hydrogen) atoms. The van der Waals surface area contributed by atoms with E-state index in [1.165, 1.54) is 24.5 Å². The van der Waals surface area contributed by atoms with E-state index >= 15 is 0 Å². The molecular formula is C29H30FN9O4S. The molecule has 1 amide bonds. The molecular weight excluding hydrogens is 589 g/mol. The number of pyridine rings is 1. The third-order valence-corrected chi connectivity index (χ3v) is 8.82. The highest BCUT2D eigenvalue weighted by Gasteiger charge is 2.33. The lowest BCUT2D eigenvalue weighted by Crippen LogP contribution is -2.53. The van der Waals surface area contributed by atoms with Crippen molar-refractivity contribution in [2.45, 2.75) is 30.9 Å². The molecule has 0 unspecified atom stereocenters. The molecule has 1 atom stereocenters. The molecule has 13 nitrogen and oxygen atoms in total. The van der Waals surface area contributed by atoms with Gasteiger partial charge in [-0.15, -0.1) is 0 Å². The summed E-state index contributed by atoms with van der Waals surface area (Å²) in [6.45, 7) is 6.56. The van der Waals surface area contributed by atoms with E-state index in [1.807, 2.05) is 23.6 Å². The monoisotopic (exact) mass is 619 g/mol. The first-order valence-electron chi connectivity index (χ1n) is 14.0. The Hall–Kier alpha value is -4.76. The van der Waals surface area contributed by atoms with Crippen LogP contribution in [0.25, 0.3) is 0 Å². The minimum absolute atomic E-state index is 0.0623. The Morgan fingerprint density at radius 1 is 0.864 bits per heavy atom. The molecule has 15 heteroatoms. The van der Waals surface area contributed by atoms with Crippen LogP contribution in [0, 0.1) is 12.7 Å². The van der Waals surface area contributed by atoms with Crippen LogP contribution in [0.1, 0.15) is 22.8 Å². The highest BCUT2D eigenvalue weighted by molar-refractivity contribution is 7.86. The zero-order chi connectivity index (χ0) is 30.8. The average molecular weight is 620 g/mol. The van der Waals surface area contributed by atoms with Gasteiger partial charge in [0.15, 0.2) is 11.6 Å². The number of halogens is 1. The van der Waals surface area contributed by atoms with Gasteiger partial charge in [0.25, 0.3) is 16.0 Å². The predicted molar refractivity (Wildman–Crippen MR) is 161 cm³/mol. The van der Waals surface area contributed by atoms with Gasteiger partial charge >= 0.3 is 0 Å². The van der Waals surface area contributed by atoms with E-state index in [0.29, 0.717) is 61.7 Å². The third-order valence-electron chi connectivity index (χ3n) is 7.45. The van der Waals surface area contributed by atoms with Gasteiger partial charge in [-0.05, 0) is 38.1 Å². The van der Waals surface area contributed by atoms with Crippen LogP contribution in [-0.2, 0) is 14.3 Å². The third kappa shape index (κ3) is 6.43. The van der Waals surface area contributed by atoms with Gasteiger partial charge in [0.1, 0.15) is 17.7 Å². The van der Waals surface area contributed by atoms with Crippen LogP contribution >= 0.6 is 0 Å². The fraction of sp³-hybridized carbons (Fsp3) is 0.310. The SMILES string of the molecule is Cc1ccc(S(=O)(=O)OC2CN(c3ccc(C(=O)Nc4cnc(N5CCN(c6ncc(F)cn6)[C@H](C)C5)cn4)cn3)C2)cc1. The maximum atomic E-state index is 13.2. The van der Waals surface area contributed by atoms with Gasteiger partial charge in [0, 0.05) is 45.0 Å². The Morgan fingerprint density at radius 2 is 1.59 bits per heavy atom. The van der Waals surface area contributed by atoms with E-state index in [-0.39, 0.29) is 16.8 Å². The molecule has 0 aliphatic carbocycles. The zero-order valence-corrected chi connectivity index (χ0v) is 24.9. The zero-order valence-electron chi connectivity index (χ0n) is 24.0. The summed E-state index contributed by atoms with van der Waals surface area (Å²) in [6, 6.07) is 9.92. The molecule has 2 aliphatic heterocycles. The quantitative estimate of drug-likeness (QED) is 0.289. The minimum atomic E-state index is -3.85. The normalized spacial score (nSPS) is 17.3. The molecule has 0 bridgehead atoms. The fourth-order valence-electron chi connectivity index (χ4n) is 4.99. The molecule has 1 aromatic carbocycles. The number of amides is 1. The lowest BCUT2D eigenvalue weighted by molar-refractivity contribution is 0.102. The van der Waals surface area contributed by atoms with Gasteiger partial charge < -0.3 is 20.0 Å². The van der Waals surface area contributed by atoms with E-state index in [2.05, 4.69) is 35.1 Å². The van der Waals surface area contributed by atoms with Gasteiger partial charge in [-0.3, -0.25) is 8.98 Å². The van der Waals surface area contributed by atoms with Crippen molar-refractivity contribution in [1.82, 2.24) is 24.9 Å². The van der Waals surface area contributed by atoms with Crippen LogP contribution < -0.4 is 20.0 Å². The van der Waals surface area contributed by atoms with Gasteiger partial charge in [-0.25, -0.2) is 29.3 Å². The largest absolute Gasteiger partial charge is 0.352 e. The van der Waals surface area contributed by atoms with Crippen LogP contribution in [-0.4, -0.2) is 84.1 Å². The summed E-state index contributed by atoms with van der Waals surface area (Å²) in [5, 5.41) is 2.73. The second kappa shape index (κ2) is 12.1. The number of hydrogen-bond donors (Lipinski definition) is 1. The summed E-state index contributed by atoms with van der Waals surface area (Å²) in [5.74, 6) is 1.20. The van der Waals surface area contributed by atoms with Gasteiger partial charge in [0.2, 0.25) is 5.95 Å². The summed E-state index contributed by atoms with van der Waals surface area (Å²) in [7, 11) is -3.85. The summed E-state index contributed by atoms with van der Waals surface area (Å²) in [4.78, 5) is 40.2. The van der Waals surface area contributed by atoms with E-state index in [1.54, 1.807) is 30.5 Å². The molecule has 2 aliphatic rings. The summed E-state index contributed by atoms with van der Waals surface area (Å²) >= 11 is 0. The van der Waals surface area contributed by atoms with Crippen LogP contribution in [0.15, 0.2) is 72.3 Å². The first kappa shape index (κ1) is 29.3. The molecule has 3 aromatic heterocycles. The number of nitrogens with one attached hydrogen (secondary N) is 1. The van der Waals surface area contributed by atoms with Gasteiger partial charge in [-0.1, -0.05) is 17.7 Å². The Balaban J connectivity index is 0.986. The lowest BCUT2D eigenvalue weighted by atomic mass is 10.1. The average Bonchev–Trinajstić information content (AvgIpc) is 3.00. The number of carbonyl (C=O) groups excluding carboxylic acids is 1. The van der Waals surface area contributed by atoms with Crippen molar-refractivity contribution in [1.29, 1.82) is 0 Å². The maximum Gasteiger partial charge on any atom is 0.297 e. The topological polar surface area (TPSA) is 147 Å². The second-order valence-corrected chi connectivity index (χ2v) is 12.3. The molecule has 2 fully saturated rings. The highest BCUT2D eigenvalue weighted by atomic mass is 32.2. The molecule has 5 heterocycles. The number of hydrogen-bond acceptors (Lipinski definition) is 12. The molecule has 1 N–H and O–H groups in total. The Kier molecular flexibility index (Phi) is 8.05. The summed E-state index contributed by atoms with van der Waals surface area (Å²) < 4.78 is 43.6. The standard InChI is InChI=1S/C29H30FN9O4S/c1-19-3-6-24(7-4-19)44(41,42)43-23-17-38(18-23)26-8-5-21(11-32-26)28(40)36-25-14-33-27(15-31-25)37-9-10-39(20(2)16-37)29-34-12-22(30)13-35-29/h3-8,11-15,20,23H,9-10,16-18H2,1-2H3,(H,31,36,40)/t20-/m1/s1. The van der Waals surface area contributed by atoms with Crippen LogP contribution in [0.3, 0.4) is 0 Å². The predicted octanol–water partition coefficient (Wildman–Crippen LogP) is 2.67. The number of benzene rings is 1. The Bertz CT molecular complexity index is 1720. The van der Waals surface area contributed by atoms with Crippen molar-refractivity contribution in [3.05, 3.63) is 84.3 Å². The van der Waals surface area contributed by atoms with Gasteiger partial charge in [0.05, 0.1) is 35.2 Å². The smallest absolute Gasteiger partial charge is 0.297 e. The molecule has 6 rings (SSSR count). The van der Waals surface area contributed by atoms with Crippen molar-refractivity contribution in [3.63, 3.8) is 0 Å². The number of anilines is 4. The molecule has 0 saturated carbocycles. The van der Waals surface area contributed by atoms with E-state index in [9.17, 15) is 17.6 Å². The molecule has 228 valence electrons. The van der Waals surface area contributed by atoms with Crippen molar-refractivity contribution in [3.8, 4) is 0 Å².